The van der Waals surface area contributed by atoms with Crippen LogP contribution in [-0.4, -0.2) is 5.91 Å². The number of nitrogen functional groups attached to an aromatic ring is 1. The maximum atomic E-state index is 13.6. The van der Waals surface area contributed by atoms with E-state index in [4.69, 9.17) is 5.73 Å². The lowest BCUT2D eigenvalue weighted by Crippen LogP contribution is -2.16. The van der Waals surface area contributed by atoms with Gasteiger partial charge in [0.2, 0.25) is 0 Å². The van der Waals surface area contributed by atoms with Crippen LogP contribution >= 0.6 is 0 Å². The second-order valence-corrected chi connectivity index (χ2v) is 4.29. The van der Waals surface area contributed by atoms with Gasteiger partial charge >= 0.3 is 0 Å². The zero-order valence-electron chi connectivity index (χ0n) is 10.5. The number of nitrogens with one attached hydrogen (secondary N) is 1. The predicted molar refractivity (Wildman–Crippen MR) is 69.9 cm³/mol. The number of halogens is 3. The molecule has 0 radical (unpaired) electrons. The van der Waals surface area contributed by atoms with E-state index < -0.39 is 23.4 Å². The highest BCUT2D eigenvalue weighted by molar-refractivity contribution is 6.06. The highest BCUT2D eigenvalue weighted by atomic mass is 19.1. The Balaban J connectivity index is 2.33. The number of rotatable bonds is 2. The summed E-state index contributed by atoms with van der Waals surface area (Å²) in [5.74, 6) is -3.48. The third-order valence-electron chi connectivity index (χ3n) is 2.69. The molecule has 1 amide bonds. The first-order valence-corrected chi connectivity index (χ1v) is 5.70. The third-order valence-corrected chi connectivity index (χ3v) is 2.69. The van der Waals surface area contributed by atoms with E-state index in [0.717, 1.165) is 6.07 Å². The summed E-state index contributed by atoms with van der Waals surface area (Å²) in [5.41, 5.74) is 5.16. The van der Waals surface area contributed by atoms with E-state index in [2.05, 4.69) is 5.32 Å². The summed E-state index contributed by atoms with van der Waals surface area (Å²) in [5, 5.41) is 2.14. The molecule has 0 saturated heterocycles. The smallest absolute Gasteiger partial charge is 0.258 e. The van der Waals surface area contributed by atoms with Crippen LogP contribution < -0.4 is 11.1 Å². The van der Waals surface area contributed by atoms with E-state index in [9.17, 15) is 18.0 Å². The number of carbonyl (C=O) groups excluding carboxylic acids is 1. The molecule has 0 bridgehead atoms. The van der Waals surface area contributed by atoms with E-state index in [0.29, 0.717) is 11.6 Å². The van der Waals surface area contributed by atoms with E-state index in [1.165, 1.54) is 12.1 Å². The van der Waals surface area contributed by atoms with Crippen molar-refractivity contribution in [2.24, 2.45) is 0 Å². The van der Waals surface area contributed by atoms with Crippen molar-refractivity contribution in [2.45, 2.75) is 6.92 Å². The first kappa shape index (κ1) is 13.9. The van der Waals surface area contributed by atoms with Crippen molar-refractivity contribution in [1.29, 1.82) is 0 Å². The van der Waals surface area contributed by atoms with Crippen molar-refractivity contribution in [1.82, 2.24) is 0 Å². The van der Waals surface area contributed by atoms with Gasteiger partial charge in [-0.2, -0.15) is 0 Å². The van der Waals surface area contributed by atoms with Gasteiger partial charge in [0.15, 0.2) is 5.82 Å². The summed E-state index contributed by atoms with van der Waals surface area (Å²) >= 11 is 0. The summed E-state index contributed by atoms with van der Waals surface area (Å²) in [6, 6.07) is 5.45. The van der Waals surface area contributed by atoms with Crippen LogP contribution in [-0.2, 0) is 0 Å². The molecule has 0 heterocycles. The molecule has 3 nitrogen and oxygen atoms in total. The van der Waals surface area contributed by atoms with Crippen LogP contribution in [0.3, 0.4) is 0 Å². The normalized spacial score (nSPS) is 10.4. The van der Waals surface area contributed by atoms with Crippen molar-refractivity contribution in [3.8, 4) is 0 Å². The molecule has 3 N–H and O–H groups in total. The fourth-order valence-electron chi connectivity index (χ4n) is 1.71. The minimum atomic E-state index is -1.02. The molecule has 2 aromatic rings. The molecule has 104 valence electrons. The summed E-state index contributed by atoms with van der Waals surface area (Å²) in [4.78, 5) is 11.9. The second-order valence-electron chi connectivity index (χ2n) is 4.29. The summed E-state index contributed by atoms with van der Waals surface area (Å²) < 4.78 is 40.0. The minimum absolute atomic E-state index is 0.251. The minimum Gasteiger partial charge on any atom is -0.397 e. The standard InChI is InChI=1S/C14H11F3N2O/c1-7-2-3-9(10(16)4-7)14(20)19-13-11(17)5-8(15)6-12(13)18/h2-6H,18H2,1H3,(H,19,20). The quantitative estimate of drug-likeness (QED) is 0.830. The molecule has 0 spiro atoms. The number of benzene rings is 2. The van der Waals surface area contributed by atoms with Gasteiger partial charge in [0, 0.05) is 6.07 Å². The Morgan fingerprint density at radius 3 is 2.40 bits per heavy atom. The Kier molecular flexibility index (Phi) is 3.65. The van der Waals surface area contributed by atoms with Crippen LogP contribution in [0.15, 0.2) is 30.3 Å². The zero-order valence-corrected chi connectivity index (χ0v) is 10.5. The topological polar surface area (TPSA) is 55.1 Å². The molecule has 0 unspecified atom stereocenters. The highest BCUT2D eigenvalue weighted by Gasteiger charge is 2.16. The molecule has 0 saturated carbocycles. The monoisotopic (exact) mass is 280 g/mol. The van der Waals surface area contributed by atoms with Gasteiger partial charge in [-0.3, -0.25) is 4.79 Å². The molecule has 2 aromatic carbocycles. The van der Waals surface area contributed by atoms with Gasteiger partial charge in [-0.1, -0.05) is 6.07 Å². The number of nitrogens with two attached hydrogens (primary N) is 1. The van der Waals surface area contributed by atoms with E-state index in [-0.39, 0.29) is 16.9 Å². The van der Waals surface area contributed by atoms with Gasteiger partial charge in [0.05, 0.1) is 11.3 Å². The Morgan fingerprint density at radius 1 is 1.10 bits per heavy atom. The lowest BCUT2D eigenvalue weighted by atomic mass is 10.1. The van der Waals surface area contributed by atoms with Crippen LogP contribution in [0.25, 0.3) is 0 Å². The Bertz CT molecular complexity index is 663. The first-order chi connectivity index (χ1) is 9.38. The Hall–Kier alpha value is -2.50. The van der Waals surface area contributed by atoms with Crippen LogP contribution in [0.4, 0.5) is 24.5 Å². The van der Waals surface area contributed by atoms with Crippen molar-refractivity contribution in [2.75, 3.05) is 11.1 Å². The largest absolute Gasteiger partial charge is 0.397 e. The number of aryl methyl sites for hydroxylation is 1. The molecule has 0 aliphatic carbocycles. The lowest BCUT2D eigenvalue weighted by Gasteiger charge is -2.10. The number of anilines is 2. The first-order valence-electron chi connectivity index (χ1n) is 5.70. The third kappa shape index (κ3) is 2.74. The van der Waals surface area contributed by atoms with Crippen LogP contribution in [0.1, 0.15) is 15.9 Å². The number of hydrogen-bond acceptors (Lipinski definition) is 2. The average molecular weight is 280 g/mol. The van der Waals surface area contributed by atoms with Crippen LogP contribution in [0.5, 0.6) is 0 Å². The molecule has 0 aromatic heterocycles. The number of amides is 1. The Labute approximate surface area is 113 Å². The van der Waals surface area contributed by atoms with E-state index in [1.54, 1.807) is 13.0 Å². The van der Waals surface area contributed by atoms with E-state index in [1.807, 2.05) is 0 Å². The highest BCUT2D eigenvalue weighted by Crippen LogP contribution is 2.24. The molecular weight excluding hydrogens is 269 g/mol. The zero-order chi connectivity index (χ0) is 14.9. The molecule has 2 rings (SSSR count). The summed E-state index contributed by atoms with van der Waals surface area (Å²) in [7, 11) is 0. The van der Waals surface area contributed by atoms with Crippen molar-refractivity contribution in [3.05, 3.63) is 58.9 Å². The number of carbonyl (C=O) groups is 1. The molecule has 0 aliphatic heterocycles. The van der Waals surface area contributed by atoms with Gasteiger partial charge in [0.1, 0.15) is 17.3 Å². The molecule has 0 atom stereocenters. The predicted octanol–water partition coefficient (Wildman–Crippen LogP) is 3.25. The van der Waals surface area contributed by atoms with Gasteiger partial charge < -0.3 is 11.1 Å². The molecule has 0 fully saturated rings. The maximum Gasteiger partial charge on any atom is 0.258 e. The number of hydrogen-bond donors (Lipinski definition) is 2. The van der Waals surface area contributed by atoms with Gasteiger partial charge in [-0.15, -0.1) is 0 Å². The lowest BCUT2D eigenvalue weighted by molar-refractivity contribution is 0.102. The van der Waals surface area contributed by atoms with Crippen LogP contribution in [0.2, 0.25) is 0 Å². The average Bonchev–Trinajstić information content (AvgIpc) is 2.33. The molecular formula is C14H11F3N2O. The van der Waals surface area contributed by atoms with Crippen molar-refractivity contribution >= 4 is 17.3 Å². The van der Waals surface area contributed by atoms with Crippen molar-refractivity contribution in [3.63, 3.8) is 0 Å². The second kappa shape index (κ2) is 5.24. The summed E-state index contributed by atoms with van der Waals surface area (Å²) in [6.45, 7) is 1.67. The molecule has 6 heteroatoms. The SMILES string of the molecule is Cc1ccc(C(=O)Nc2c(N)cc(F)cc2F)c(F)c1. The van der Waals surface area contributed by atoms with Gasteiger partial charge in [-0.05, 0) is 30.7 Å². The fourth-order valence-corrected chi connectivity index (χ4v) is 1.71. The van der Waals surface area contributed by atoms with E-state index >= 15 is 0 Å². The molecule has 0 aliphatic rings. The maximum absolute atomic E-state index is 13.6. The Morgan fingerprint density at radius 2 is 1.80 bits per heavy atom. The fraction of sp³-hybridized carbons (Fsp3) is 0.0714. The summed E-state index contributed by atoms with van der Waals surface area (Å²) in [6.07, 6.45) is 0. The van der Waals surface area contributed by atoms with Crippen molar-refractivity contribution < 1.29 is 18.0 Å². The van der Waals surface area contributed by atoms with Gasteiger partial charge in [-0.25, -0.2) is 13.2 Å². The molecule has 20 heavy (non-hydrogen) atoms. The van der Waals surface area contributed by atoms with Crippen LogP contribution in [0, 0.1) is 24.4 Å². The van der Waals surface area contributed by atoms with Gasteiger partial charge in [0.25, 0.3) is 5.91 Å².